The lowest BCUT2D eigenvalue weighted by Crippen LogP contribution is -2.02. The van der Waals surface area contributed by atoms with E-state index in [0.29, 0.717) is 17.5 Å². The largest absolute Gasteiger partial charge is 0.308 e. The van der Waals surface area contributed by atoms with E-state index in [4.69, 9.17) is 15.0 Å². The van der Waals surface area contributed by atoms with Crippen molar-refractivity contribution in [2.45, 2.75) is 0 Å². The van der Waals surface area contributed by atoms with Gasteiger partial charge in [-0.1, -0.05) is 158 Å². The second-order valence-electron chi connectivity index (χ2n) is 15.5. The third kappa shape index (κ3) is 4.93. The van der Waals surface area contributed by atoms with Crippen LogP contribution in [0.15, 0.2) is 194 Å². The summed E-state index contributed by atoms with van der Waals surface area (Å²) in [5, 5.41) is 12.5. The van der Waals surface area contributed by atoms with Gasteiger partial charge in [0.25, 0.3) is 0 Å². The lowest BCUT2D eigenvalue weighted by Gasteiger charge is -2.15. The summed E-state index contributed by atoms with van der Waals surface area (Å²) in [7, 11) is 0. The smallest absolute Gasteiger partial charge is 0.166 e. The van der Waals surface area contributed by atoms with Crippen molar-refractivity contribution < 1.29 is 0 Å². The Bertz CT molecular complexity index is 3810. The second kappa shape index (κ2) is 12.9. The van der Waals surface area contributed by atoms with Crippen LogP contribution in [-0.2, 0) is 0 Å². The minimum absolute atomic E-state index is 0.633. The molecule has 0 aliphatic rings. The topological polar surface area (TPSA) is 43.6 Å². The average molecular weight is 781 g/mol. The number of hydrogen-bond donors (Lipinski definition) is 0. The Hall–Kier alpha value is -7.73. The van der Waals surface area contributed by atoms with E-state index in [1.54, 1.807) is 0 Å². The van der Waals surface area contributed by atoms with Gasteiger partial charge < -0.3 is 4.57 Å². The fourth-order valence-electron chi connectivity index (χ4n) is 9.49. The zero-order valence-electron chi connectivity index (χ0n) is 32.2. The van der Waals surface area contributed by atoms with Gasteiger partial charge in [0.15, 0.2) is 17.5 Å². The zero-order chi connectivity index (χ0) is 39.3. The van der Waals surface area contributed by atoms with Crippen molar-refractivity contribution in [3.8, 4) is 51.0 Å². The highest BCUT2D eigenvalue weighted by molar-refractivity contribution is 7.25. The Morgan fingerprint density at radius 2 is 0.950 bits per heavy atom. The molecule has 0 unspecified atom stereocenters. The van der Waals surface area contributed by atoms with Crippen LogP contribution in [0.1, 0.15) is 0 Å². The van der Waals surface area contributed by atoms with Crippen LogP contribution in [0.3, 0.4) is 0 Å². The van der Waals surface area contributed by atoms with Crippen LogP contribution < -0.4 is 0 Å². The molecule has 0 radical (unpaired) electrons. The minimum atomic E-state index is 0.633. The van der Waals surface area contributed by atoms with Gasteiger partial charge >= 0.3 is 0 Å². The van der Waals surface area contributed by atoms with Crippen LogP contribution in [0.5, 0.6) is 0 Å². The van der Waals surface area contributed by atoms with Gasteiger partial charge in [-0.25, -0.2) is 15.0 Å². The Morgan fingerprint density at radius 3 is 1.77 bits per heavy atom. The summed E-state index contributed by atoms with van der Waals surface area (Å²) in [6, 6.07) is 69.6. The molecular formula is C55H32N4S. The maximum Gasteiger partial charge on any atom is 0.166 e. The highest BCUT2D eigenvalue weighted by Gasteiger charge is 2.25. The van der Waals surface area contributed by atoms with Gasteiger partial charge in [-0.2, -0.15) is 0 Å². The number of hydrogen-bond acceptors (Lipinski definition) is 4. The Labute approximate surface area is 348 Å². The van der Waals surface area contributed by atoms with Crippen molar-refractivity contribution in [1.82, 2.24) is 19.5 Å². The molecule has 0 fully saturated rings. The maximum absolute atomic E-state index is 5.37. The maximum atomic E-state index is 5.37. The zero-order valence-corrected chi connectivity index (χ0v) is 33.0. The van der Waals surface area contributed by atoms with Crippen molar-refractivity contribution in [3.05, 3.63) is 194 Å². The summed E-state index contributed by atoms with van der Waals surface area (Å²) in [6.07, 6.45) is 0. The Balaban J connectivity index is 1.15. The van der Waals surface area contributed by atoms with Gasteiger partial charge in [0, 0.05) is 53.3 Å². The van der Waals surface area contributed by atoms with Crippen molar-refractivity contribution in [2.75, 3.05) is 0 Å². The van der Waals surface area contributed by atoms with Crippen LogP contribution in [0.25, 0.3) is 125 Å². The first kappa shape index (κ1) is 33.3. The van der Waals surface area contributed by atoms with Gasteiger partial charge in [0.2, 0.25) is 0 Å². The van der Waals surface area contributed by atoms with Crippen molar-refractivity contribution in [2.24, 2.45) is 0 Å². The molecule has 4 nitrogen and oxygen atoms in total. The number of nitrogens with zero attached hydrogens (tertiary/aromatic N) is 4. The van der Waals surface area contributed by atoms with Gasteiger partial charge in [-0.3, -0.25) is 0 Å². The van der Waals surface area contributed by atoms with E-state index in [2.05, 4.69) is 174 Å². The number of aromatic nitrogens is 4. The molecule has 0 N–H and O–H groups in total. The summed E-state index contributed by atoms with van der Waals surface area (Å²) in [6.45, 7) is 0. The molecule has 60 heavy (non-hydrogen) atoms. The molecule has 10 aromatic carbocycles. The van der Waals surface area contributed by atoms with E-state index in [0.717, 1.165) is 39.0 Å². The molecule has 13 rings (SSSR count). The van der Waals surface area contributed by atoms with Gasteiger partial charge in [-0.15, -0.1) is 11.3 Å². The molecule has 0 atom stereocenters. The monoisotopic (exact) mass is 780 g/mol. The summed E-state index contributed by atoms with van der Waals surface area (Å²) in [4.78, 5) is 15.8. The van der Waals surface area contributed by atoms with Crippen LogP contribution in [-0.4, -0.2) is 19.5 Å². The third-order valence-corrected chi connectivity index (χ3v) is 13.4. The first-order valence-electron chi connectivity index (χ1n) is 20.3. The summed E-state index contributed by atoms with van der Waals surface area (Å²) < 4.78 is 5.03. The number of fused-ring (bicyclic) bond motifs is 8. The number of rotatable bonds is 5. The quantitative estimate of drug-likeness (QED) is 0.163. The molecule has 0 aliphatic carbocycles. The summed E-state index contributed by atoms with van der Waals surface area (Å²) >= 11 is 1.84. The van der Waals surface area contributed by atoms with Gasteiger partial charge in [0.1, 0.15) is 0 Å². The lowest BCUT2D eigenvalue weighted by molar-refractivity contribution is 1.07. The van der Waals surface area contributed by atoms with Crippen molar-refractivity contribution in [3.63, 3.8) is 0 Å². The summed E-state index contributed by atoms with van der Waals surface area (Å²) in [5.41, 5.74) is 8.49. The molecule has 0 saturated heterocycles. The standard InChI is InChI=1S/C55H32N4S/c1-3-12-33(13-4-1)34-22-24-37(25-23-34)54-56-53(36-15-5-2-6-16-36)57-55(58-54)44-30-29-43-49-39-17-8-7-14-35(39)26-28-42(49)41-19-11-20-46-50(41)51(43)52(44)59(46)38-27-31-48-45(32-38)40-18-9-10-21-47(40)60-48/h1-32H. The molecule has 5 heteroatoms. The third-order valence-electron chi connectivity index (χ3n) is 12.2. The number of thiophene rings is 1. The van der Waals surface area contributed by atoms with E-state index in [1.807, 2.05) is 35.6 Å². The van der Waals surface area contributed by atoms with E-state index in [9.17, 15) is 0 Å². The Kier molecular flexibility index (Phi) is 7.14. The molecule has 3 heterocycles. The Morgan fingerprint density at radius 1 is 0.350 bits per heavy atom. The molecule has 0 bridgehead atoms. The number of benzene rings is 10. The molecule has 0 aliphatic heterocycles. The minimum Gasteiger partial charge on any atom is -0.308 e. The van der Waals surface area contributed by atoms with E-state index >= 15 is 0 Å². The summed E-state index contributed by atoms with van der Waals surface area (Å²) in [5.74, 6) is 1.90. The molecule has 278 valence electrons. The average Bonchev–Trinajstić information content (AvgIpc) is 3.88. The van der Waals surface area contributed by atoms with Crippen molar-refractivity contribution in [1.29, 1.82) is 0 Å². The van der Waals surface area contributed by atoms with Crippen LogP contribution in [0.4, 0.5) is 0 Å². The van der Waals surface area contributed by atoms with Gasteiger partial charge in [-0.05, 0) is 79.8 Å². The van der Waals surface area contributed by atoms with Crippen LogP contribution in [0.2, 0.25) is 0 Å². The van der Waals surface area contributed by atoms with Crippen molar-refractivity contribution >= 4 is 85.6 Å². The van der Waals surface area contributed by atoms with E-state index in [-0.39, 0.29) is 0 Å². The highest BCUT2D eigenvalue weighted by Crippen LogP contribution is 2.48. The molecule has 0 amide bonds. The molecule has 13 aromatic rings. The predicted molar refractivity (Wildman–Crippen MR) is 253 cm³/mol. The highest BCUT2D eigenvalue weighted by atomic mass is 32.1. The first-order valence-corrected chi connectivity index (χ1v) is 21.1. The fourth-order valence-corrected chi connectivity index (χ4v) is 10.6. The molecule has 3 aromatic heterocycles. The van der Waals surface area contributed by atoms with Crippen LogP contribution >= 0.6 is 11.3 Å². The van der Waals surface area contributed by atoms with E-state index < -0.39 is 0 Å². The second-order valence-corrected chi connectivity index (χ2v) is 16.6. The first-order chi connectivity index (χ1) is 29.7. The normalized spacial score (nSPS) is 12.0. The molecule has 0 spiro atoms. The molecular weight excluding hydrogens is 749 g/mol. The fraction of sp³-hybridized carbons (Fsp3) is 0. The van der Waals surface area contributed by atoms with Crippen LogP contribution in [0, 0.1) is 0 Å². The lowest BCUT2D eigenvalue weighted by atomic mass is 9.90. The molecule has 0 saturated carbocycles. The SMILES string of the molecule is c1ccc(-c2ccc(-c3nc(-c4ccccc4)nc(-c4ccc5c6c7ccccc7ccc6c6cccc7c6c5c4n7-c4ccc5sc6ccccc6c5c4)n3)cc2)cc1. The van der Waals surface area contributed by atoms with E-state index in [1.165, 1.54) is 68.8 Å². The predicted octanol–water partition coefficient (Wildman–Crippen LogP) is 14.9. The van der Waals surface area contributed by atoms with Gasteiger partial charge in [0.05, 0.1) is 11.0 Å².